The normalized spacial score (nSPS) is 13.8. The number of carbonyl (C=O) groups excluding carboxylic acids is 1. The Kier molecular flexibility index (Phi) is 5.01. The van der Waals surface area contributed by atoms with E-state index in [1.165, 1.54) is 0 Å². The molecule has 0 spiro atoms. The summed E-state index contributed by atoms with van der Waals surface area (Å²) in [7, 11) is 0. The zero-order valence-electron chi connectivity index (χ0n) is 17.4. The van der Waals surface area contributed by atoms with Gasteiger partial charge in [-0.15, -0.1) is 0 Å². The van der Waals surface area contributed by atoms with Gasteiger partial charge in [-0.2, -0.15) is 0 Å². The fraction of sp³-hybridized carbons (Fsp3) is 0.0385. The van der Waals surface area contributed by atoms with E-state index in [-0.39, 0.29) is 17.0 Å². The van der Waals surface area contributed by atoms with E-state index in [4.69, 9.17) is 0 Å². The molecule has 4 nitrogen and oxygen atoms in total. The van der Waals surface area contributed by atoms with Gasteiger partial charge in [0.05, 0.1) is 22.9 Å². The Labute approximate surface area is 187 Å². The number of aryl methyl sites for hydroxylation is 1. The number of amides is 1. The minimum absolute atomic E-state index is 0.201. The van der Waals surface area contributed by atoms with Gasteiger partial charge in [0.1, 0.15) is 17.5 Å². The molecule has 2 heterocycles. The number of aromatic amines is 1. The number of hydrogen-bond donors (Lipinski definition) is 3. The van der Waals surface area contributed by atoms with Crippen molar-refractivity contribution in [2.24, 2.45) is 0 Å². The molecule has 5 rings (SSSR count). The molecule has 0 atom stereocenters. The van der Waals surface area contributed by atoms with Gasteiger partial charge in [0.2, 0.25) is 0 Å². The Hall–Kier alpha value is -4.26. The molecule has 1 aliphatic heterocycles. The molecule has 0 saturated carbocycles. The maximum absolute atomic E-state index is 14.2. The maximum Gasteiger partial charge on any atom is 0.256 e. The van der Waals surface area contributed by atoms with Crippen molar-refractivity contribution in [3.8, 4) is 11.1 Å². The SMILES string of the molecule is Cc1ccc(-c2c(F)[c]c(F)cc2F)cc1Nc1ccc2c(c1)NC(=O)C2=Cc1ccc[nH]1. The van der Waals surface area contributed by atoms with Gasteiger partial charge >= 0.3 is 0 Å². The molecule has 3 N–H and O–H groups in total. The van der Waals surface area contributed by atoms with Crippen LogP contribution in [0.3, 0.4) is 0 Å². The first-order chi connectivity index (χ1) is 15.9. The third kappa shape index (κ3) is 3.89. The molecule has 0 unspecified atom stereocenters. The van der Waals surface area contributed by atoms with E-state index in [1.54, 1.807) is 36.5 Å². The average molecular weight is 444 g/mol. The van der Waals surface area contributed by atoms with E-state index >= 15 is 0 Å². The third-order valence-electron chi connectivity index (χ3n) is 5.47. The monoisotopic (exact) mass is 444 g/mol. The summed E-state index contributed by atoms with van der Waals surface area (Å²) in [6, 6.07) is 16.5. The van der Waals surface area contributed by atoms with Crippen molar-refractivity contribution in [3.63, 3.8) is 0 Å². The highest BCUT2D eigenvalue weighted by Crippen LogP contribution is 2.37. The lowest BCUT2D eigenvalue weighted by Crippen LogP contribution is -2.03. The first kappa shape index (κ1) is 20.6. The summed E-state index contributed by atoms with van der Waals surface area (Å²) in [6.07, 6.45) is 3.57. The number of benzene rings is 3. The Morgan fingerprint density at radius 2 is 1.88 bits per heavy atom. The van der Waals surface area contributed by atoms with Gasteiger partial charge < -0.3 is 15.6 Å². The minimum atomic E-state index is -1.09. The van der Waals surface area contributed by atoms with Crippen LogP contribution in [0.15, 0.2) is 60.8 Å². The molecule has 0 saturated heterocycles. The lowest BCUT2D eigenvalue weighted by molar-refractivity contribution is -0.110. The van der Waals surface area contributed by atoms with Gasteiger partial charge in [-0.1, -0.05) is 18.2 Å². The second kappa shape index (κ2) is 8.02. The first-order valence-electron chi connectivity index (χ1n) is 10.1. The molecule has 33 heavy (non-hydrogen) atoms. The first-order valence-corrected chi connectivity index (χ1v) is 10.1. The molecular weight excluding hydrogens is 427 g/mol. The summed E-state index contributed by atoms with van der Waals surface area (Å²) in [5, 5.41) is 6.09. The van der Waals surface area contributed by atoms with E-state index in [1.807, 2.05) is 37.3 Å². The highest BCUT2D eigenvalue weighted by molar-refractivity contribution is 6.35. The average Bonchev–Trinajstić information content (AvgIpc) is 3.37. The number of fused-ring (bicyclic) bond motifs is 1. The summed E-state index contributed by atoms with van der Waals surface area (Å²) in [5.41, 5.74) is 4.83. The van der Waals surface area contributed by atoms with Crippen LogP contribution in [0.25, 0.3) is 22.8 Å². The van der Waals surface area contributed by atoms with Crippen LogP contribution >= 0.6 is 0 Å². The van der Waals surface area contributed by atoms with Crippen molar-refractivity contribution in [1.82, 2.24) is 4.98 Å². The van der Waals surface area contributed by atoms with Crippen molar-refractivity contribution >= 4 is 34.6 Å². The molecule has 1 amide bonds. The number of H-pyrrole nitrogens is 1. The Morgan fingerprint density at radius 3 is 2.64 bits per heavy atom. The molecule has 7 heteroatoms. The fourth-order valence-electron chi connectivity index (χ4n) is 3.83. The Bertz CT molecular complexity index is 1400. The van der Waals surface area contributed by atoms with Crippen LogP contribution in [0.4, 0.5) is 30.2 Å². The molecule has 0 aliphatic carbocycles. The van der Waals surface area contributed by atoms with E-state index in [2.05, 4.69) is 15.6 Å². The summed E-state index contributed by atoms with van der Waals surface area (Å²) in [5.74, 6) is -3.39. The topological polar surface area (TPSA) is 56.9 Å². The van der Waals surface area contributed by atoms with Gasteiger partial charge in [-0.3, -0.25) is 4.79 Å². The van der Waals surface area contributed by atoms with Crippen LogP contribution in [0, 0.1) is 30.4 Å². The number of hydrogen-bond acceptors (Lipinski definition) is 2. The smallest absolute Gasteiger partial charge is 0.256 e. The van der Waals surface area contributed by atoms with Gasteiger partial charge in [-0.05, 0) is 54.5 Å². The molecule has 1 aliphatic rings. The maximum atomic E-state index is 14.2. The van der Waals surface area contributed by atoms with Crippen molar-refractivity contribution in [2.45, 2.75) is 6.92 Å². The Balaban J connectivity index is 1.47. The van der Waals surface area contributed by atoms with Gasteiger partial charge in [0, 0.05) is 34.9 Å². The van der Waals surface area contributed by atoms with Crippen molar-refractivity contribution in [2.75, 3.05) is 10.6 Å². The minimum Gasteiger partial charge on any atom is -0.362 e. The second-order valence-corrected chi connectivity index (χ2v) is 7.71. The van der Waals surface area contributed by atoms with E-state index < -0.39 is 17.5 Å². The van der Waals surface area contributed by atoms with Crippen molar-refractivity contribution < 1.29 is 18.0 Å². The second-order valence-electron chi connectivity index (χ2n) is 7.71. The number of nitrogens with one attached hydrogen (secondary N) is 3. The van der Waals surface area contributed by atoms with Crippen LogP contribution in [0.2, 0.25) is 0 Å². The summed E-state index contributed by atoms with van der Waals surface area (Å²) >= 11 is 0. The standard InChI is InChI=1S/C26H17F3N3O/c1-14-4-5-15(25-21(28)10-16(27)11-22(25)29)9-23(14)31-18-6-7-19-20(12-17-3-2-8-30-17)26(33)32-24(19)13-18/h2-10,12-13,30-31H,1H3,(H,32,33). The molecule has 1 aromatic heterocycles. The molecule has 4 aromatic rings. The van der Waals surface area contributed by atoms with Crippen LogP contribution in [0.1, 0.15) is 16.8 Å². The lowest BCUT2D eigenvalue weighted by Gasteiger charge is -2.14. The highest BCUT2D eigenvalue weighted by atomic mass is 19.1. The lowest BCUT2D eigenvalue weighted by atomic mass is 10.0. The predicted octanol–water partition coefficient (Wildman–Crippen LogP) is 6.44. The largest absolute Gasteiger partial charge is 0.362 e. The van der Waals surface area contributed by atoms with Crippen LogP contribution in [-0.2, 0) is 4.79 Å². The molecule has 1 radical (unpaired) electrons. The Morgan fingerprint density at radius 1 is 1.03 bits per heavy atom. The van der Waals surface area contributed by atoms with E-state index in [0.29, 0.717) is 28.7 Å². The van der Waals surface area contributed by atoms with E-state index in [9.17, 15) is 18.0 Å². The number of rotatable bonds is 4. The number of anilines is 3. The fourth-order valence-corrected chi connectivity index (χ4v) is 3.83. The number of aromatic nitrogens is 1. The number of carbonyl (C=O) groups is 1. The molecule has 3 aromatic carbocycles. The van der Waals surface area contributed by atoms with Crippen molar-refractivity contribution in [3.05, 3.63) is 101 Å². The van der Waals surface area contributed by atoms with Crippen LogP contribution < -0.4 is 10.6 Å². The molecular formula is C26H17F3N3O. The molecule has 0 fully saturated rings. The van der Waals surface area contributed by atoms with Crippen molar-refractivity contribution in [1.29, 1.82) is 0 Å². The number of halogens is 3. The predicted molar refractivity (Wildman–Crippen MR) is 122 cm³/mol. The zero-order chi connectivity index (χ0) is 23.1. The van der Waals surface area contributed by atoms with Crippen LogP contribution in [0.5, 0.6) is 0 Å². The van der Waals surface area contributed by atoms with E-state index in [0.717, 1.165) is 16.8 Å². The summed E-state index contributed by atoms with van der Waals surface area (Å²) in [4.78, 5) is 15.5. The molecule has 163 valence electrons. The third-order valence-corrected chi connectivity index (χ3v) is 5.47. The highest BCUT2D eigenvalue weighted by Gasteiger charge is 2.24. The molecule has 0 bridgehead atoms. The quantitative estimate of drug-likeness (QED) is 0.317. The zero-order valence-corrected chi connectivity index (χ0v) is 17.4. The van der Waals surface area contributed by atoms with Gasteiger partial charge in [-0.25, -0.2) is 13.2 Å². The summed E-state index contributed by atoms with van der Waals surface area (Å²) in [6.45, 7) is 1.85. The van der Waals surface area contributed by atoms with Gasteiger partial charge in [0.25, 0.3) is 5.91 Å². The van der Waals surface area contributed by atoms with Crippen LogP contribution in [-0.4, -0.2) is 10.9 Å². The van der Waals surface area contributed by atoms with Gasteiger partial charge in [0.15, 0.2) is 0 Å². The summed E-state index contributed by atoms with van der Waals surface area (Å²) < 4.78 is 41.7.